The fourth-order valence-electron chi connectivity index (χ4n) is 4.29. The molecule has 0 bridgehead atoms. The first-order chi connectivity index (χ1) is 14.5. The van der Waals surface area contributed by atoms with Gasteiger partial charge in [0.15, 0.2) is 0 Å². The fraction of sp³-hybridized carbons (Fsp3) is 0.429. The zero-order valence-electron chi connectivity index (χ0n) is 16.9. The van der Waals surface area contributed by atoms with Crippen molar-refractivity contribution in [2.24, 2.45) is 5.41 Å². The lowest BCUT2D eigenvalue weighted by atomic mass is 9.68. The van der Waals surface area contributed by atoms with Gasteiger partial charge in [-0.05, 0) is 37.0 Å². The highest BCUT2D eigenvalue weighted by Crippen LogP contribution is 2.46. The predicted molar refractivity (Wildman–Crippen MR) is 113 cm³/mol. The lowest BCUT2D eigenvalue weighted by Crippen LogP contribution is -2.52. The van der Waals surface area contributed by atoms with Crippen molar-refractivity contribution in [3.05, 3.63) is 51.0 Å². The van der Waals surface area contributed by atoms with Crippen molar-refractivity contribution in [1.29, 1.82) is 0 Å². The summed E-state index contributed by atoms with van der Waals surface area (Å²) in [6, 6.07) is 5.05. The second-order valence-corrected chi connectivity index (χ2v) is 8.77. The highest BCUT2D eigenvalue weighted by atomic mass is 35.5. The van der Waals surface area contributed by atoms with Crippen LogP contribution in [-0.4, -0.2) is 42.8 Å². The van der Waals surface area contributed by atoms with Crippen molar-refractivity contribution in [3.63, 3.8) is 0 Å². The Labute approximate surface area is 188 Å². The number of aromatic nitrogens is 2. The van der Waals surface area contributed by atoms with Gasteiger partial charge in [-0.15, -0.1) is 0 Å². The van der Waals surface area contributed by atoms with E-state index in [0.29, 0.717) is 40.1 Å². The molecule has 0 unspecified atom stereocenters. The van der Waals surface area contributed by atoms with E-state index in [4.69, 9.17) is 23.2 Å². The van der Waals surface area contributed by atoms with Gasteiger partial charge in [-0.2, -0.15) is 0 Å². The molecule has 0 saturated carbocycles. The molecule has 1 aliphatic carbocycles. The number of carboxylic acids is 3. The Morgan fingerprint density at radius 1 is 1.13 bits per heavy atom. The molecule has 2 aromatic rings. The third-order valence-corrected chi connectivity index (χ3v) is 6.46. The molecule has 1 aliphatic rings. The third-order valence-electron chi connectivity index (χ3n) is 5.72. The summed E-state index contributed by atoms with van der Waals surface area (Å²) in [5, 5.41) is 30.1. The Kier molecular flexibility index (Phi) is 6.34. The number of imidazole rings is 1. The van der Waals surface area contributed by atoms with Crippen molar-refractivity contribution in [2.75, 3.05) is 0 Å². The van der Waals surface area contributed by atoms with Gasteiger partial charge >= 0.3 is 17.9 Å². The minimum atomic E-state index is -3.02. The molecule has 3 N–H and O–H groups in total. The van der Waals surface area contributed by atoms with Gasteiger partial charge in [0.05, 0.1) is 15.7 Å². The maximum Gasteiger partial charge on any atom is 0.333 e. The minimum Gasteiger partial charge on any atom is -0.480 e. The summed E-state index contributed by atoms with van der Waals surface area (Å²) in [4.78, 5) is 40.9. The topological polar surface area (TPSA) is 130 Å². The monoisotopic (exact) mass is 468 g/mol. The number of aliphatic carboxylic acids is 3. The summed E-state index contributed by atoms with van der Waals surface area (Å²) in [6.45, 7) is 4.04. The number of carboxylic acid groups (broad SMARTS) is 3. The molecule has 0 spiro atoms. The molecule has 1 heterocycles. The highest BCUT2D eigenvalue weighted by molar-refractivity contribution is 6.42. The average Bonchev–Trinajstić information content (AvgIpc) is 3.04. The molecule has 0 amide bonds. The molecule has 0 aliphatic heterocycles. The highest BCUT2D eigenvalue weighted by Gasteiger charge is 2.62. The van der Waals surface area contributed by atoms with E-state index in [1.165, 1.54) is 0 Å². The van der Waals surface area contributed by atoms with Crippen LogP contribution in [0.4, 0.5) is 0 Å². The molecule has 0 fully saturated rings. The molecule has 31 heavy (non-hydrogen) atoms. The van der Waals surface area contributed by atoms with Crippen LogP contribution in [0.1, 0.15) is 61.3 Å². The first-order valence-corrected chi connectivity index (χ1v) is 10.5. The van der Waals surface area contributed by atoms with Crippen LogP contribution in [0.15, 0.2) is 18.2 Å². The molecular weight excluding hydrogens is 447 g/mol. The van der Waals surface area contributed by atoms with E-state index in [1.54, 1.807) is 22.8 Å². The molecule has 0 saturated heterocycles. The smallest absolute Gasteiger partial charge is 0.333 e. The normalized spacial score (nSPS) is 16.2. The quantitative estimate of drug-likeness (QED) is 0.522. The van der Waals surface area contributed by atoms with E-state index in [-0.39, 0.29) is 18.9 Å². The Morgan fingerprint density at radius 2 is 1.74 bits per heavy atom. The van der Waals surface area contributed by atoms with E-state index in [0.717, 1.165) is 5.56 Å². The van der Waals surface area contributed by atoms with E-state index < -0.39 is 29.2 Å². The number of aryl methyl sites for hydroxylation is 1. The predicted octanol–water partition coefficient (Wildman–Crippen LogP) is 4.02. The maximum atomic E-state index is 12.1. The van der Waals surface area contributed by atoms with Gasteiger partial charge in [0.1, 0.15) is 5.82 Å². The molecule has 1 aromatic carbocycles. The average molecular weight is 469 g/mol. The van der Waals surface area contributed by atoms with Gasteiger partial charge in [0.25, 0.3) is 5.41 Å². The van der Waals surface area contributed by atoms with Gasteiger partial charge in [-0.1, -0.05) is 43.1 Å². The Hall–Kier alpha value is -2.58. The SMILES string of the molecule is CC(C)c1nc2c(n1Cc1ccc(Cl)c(Cl)c1)[C@@H](C(C(=O)O)(C(=O)O)C(=O)O)CCC2. The van der Waals surface area contributed by atoms with Crippen LogP contribution in [-0.2, 0) is 27.3 Å². The van der Waals surface area contributed by atoms with Crippen LogP contribution in [0.25, 0.3) is 0 Å². The van der Waals surface area contributed by atoms with Crippen LogP contribution in [0, 0.1) is 5.41 Å². The lowest BCUT2D eigenvalue weighted by Gasteiger charge is -2.33. The van der Waals surface area contributed by atoms with Crippen molar-refractivity contribution >= 4 is 41.1 Å². The van der Waals surface area contributed by atoms with Crippen LogP contribution in [0.5, 0.6) is 0 Å². The van der Waals surface area contributed by atoms with E-state index >= 15 is 0 Å². The lowest BCUT2D eigenvalue weighted by molar-refractivity contribution is -0.178. The molecule has 10 heteroatoms. The third kappa shape index (κ3) is 3.78. The number of hydrogen-bond acceptors (Lipinski definition) is 4. The number of halogens is 2. The summed E-state index contributed by atoms with van der Waals surface area (Å²) >= 11 is 12.1. The molecule has 3 rings (SSSR count). The van der Waals surface area contributed by atoms with Crippen LogP contribution in [0.2, 0.25) is 10.0 Å². The van der Waals surface area contributed by atoms with E-state index in [2.05, 4.69) is 4.98 Å². The first kappa shape index (κ1) is 23.1. The molecule has 1 aromatic heterocycles. The number of carbonyl (C=O) groups is 3. The van der Waals surface area contributed by atoms with Gasteiger partial charge < -0.3 is 19.9 Å². The van der Waals surface area contributed by atoms with Crippen LogP contribution in [0.3, 0.4) is 0 Å². The first-order valence-electron chi connectivity index (χ1n) is 9.75. The molecular formula is C21H22Cl2N2O6. The minimum absolute atomic E-state index is 0.0668. The molecule has 8 nitrogen and oxygen atoms in total. The Balaban J connectivity index is 2.26. The molecule has 166 valence electrons. The fourth-order valence-corrected chi connectivity index (χ4v) is 4.61. The van der Waals surface area contributed by atoms with Crippen molar-refractivity contribution < 1.29 is 29.7 Å². The number of benzene rings is 1. The summed E-state index contributed by atoms with van der Waals surface area (Å²) < 4.78 is 1.74. The van der Waals surface area contributed by atoms with Crippen molar-refractivity contribution in [2.45, 2.75) is 51.5 Å². The largest absolute Gasteiger partial charge is 0.480 e. The van der Waals surface area contributed by atoms with Crippen molar-refractivity contribution in [3.8, 4) is 0 Å². The molecule has 1 atom stereocenters. The standard InChI is InChI=1S/C21H22Cl2N2O6/c1-10(2)17-24-15-5-3-4-12(21(18(26)27,19(28)29)20(30)31)16(15)25(17)9-11-6-7-13(22)14(23)8-11/h6-8,10,12H,3-5,9H2,1-2H3,(H,26,27)(H,28,29)(H,30,31)/t12-/m0/s1. The second kappa shape index (κ2) is 8.51. The second-order valence-electron chi connectivity index (χ2n) is 7.96. The zero-order valence-corrected chi connectivity index (χ0v) is 18.4. The van der Waals surface area contributed by atoms with Gasteiger partial charge in [0, 0.05) is 24.1 Å². The van der Waals surface area contributed by atoms with Crippen LogP contribution < -0.4 is 0 Å². The number of rotatable bonds is 7. The van der Waals surface area contributed by atoms with E-state index in [9.17, 15) is 29.7 Å². The van der Waals surface area contributed by atoms with E-state index in [1.807, 2.05) is 13.8 Å². The van der Waals surface area contributed by atoms with Gasteiger partial charge in [0.2, 0.25) is 0 Å². The summed E-state index contributed by atoms with van der Waals surface area (Å²) in [6.07, 6.45) is 1.05. The number of fused-ring (bicyclic) bond motifs is 1. The van der Waals surface area contributed by atoms with Crippen LogP contribution >= 0.6 is 23.2 Å². The zero-order chi connectivity index (χ0) is 23.1. The Morgan fingerprint density at radius 3 is 2.26 bits per heavy atom. The maximum absolute atomic E-state index is 12.1. The number of nitrogens with zero attached hydrogens (tertiary/aromatic N) is 2. The van der Waals surface area contributed by atoms with Gasteiger partial charge in [-0.25, -0.2) is 4.98 Å². The number of hydrogen-bond donors (Lipinski definition) is 3. The summed E-state index contributed by atoms with van der Waals surface area (Å²) in [7, 11) is 0. The summed E-state index contributed by atoms with van der Waals surface area (Å²) in [5.41, 5.74) is -1.40. The molecule has 0 radical (unpaired) electrons. The Bertz CT molecular complexity index is 1030. The van der Waals surface area contributed by atoms with Crippen molar-refractivity contribution in [1.82, 2.24) is 9.55 Å². The summed E-state index contributed by atoms with van der Waals surface area (Å²) in [5.74, 6) is -6.44. The van der Waals surface area contributed by atoms with Gasteiger partial charge in [-0.3, -0.25) is 14.4 Å².